The average Bonchev–Trinajstić information content (AvgIpc) is 3.57. The van der Waals surface area contributed by atoms with Crippen molar-refractivity contribution in [2.24, 2.45) is 0 Å². The second-order valence-corrected chi connectivity index (χ2v) is 12.8. The molecule has 0 spiro atoms. The third-order valence-electron chi connectivity index (χ3n) is 8.68. The number of hydrogen-bond donors (Lipinski definition) is 3. The molecular weight excluding hydrogens is 568 g/mol. The molecule has 0 bridgehead atoms. The highest BCUT2D eigenvalue weighted by molar-refractivity contribution is 5.81. The number of carboxylic acid groups (broad SMARTS) is 1. The lowest BCUT2D eigenvalue weighted by atomic mass is 9.97. The highest BCUT2D eigenvalue weighted by Crippen LogP contribution is 2.47. The predicted molar refractivity (Wildman–Crippen MR) is 159 cm³/mol. The smallest absolute Gasteiger partial charge is 0.407 e. The van der Waals surface area contributed by atoms with Crippen LogP contribution in [0.4, 0.5) is 4.79 Å². The van der Waals surface area contributed by atoms with Crippen molar-refractivity contribution in [1.29, 1.82) is 0 Å². The fraction of sp³-hybridized carbons (Fsp3) is 0.576. The first-order valence-corrected chi connectivity index (χ1v) is 15.4. The Labute approximate surface area is 257 Å². The fourth-order valence-corrected chi connectivity index (χ4v) is 6.88. The van der Waals surface area contributed by atoms with E-state index in [2.05, 4.69) is 22.8 Å². The Morgan fingerprint density at radius 2 is 1.64 bits per heavy atom. The minimum absolute atomic E-state index is 0.0975. The second-order valence-electron chi connectivity index (χ2n) is 12.8. The van der Waals surface area contributed by atoms with Gasteiger partial charge in [-0.05, 0) is 75.8 Å². The van der Waals surface area contributed by atoms with Crippen molar-refractivity contribution >= 4 is 12.1 Å². The summed E-state index contributed by atoms with van der Waals surface area (Å²) in [7, 11) is 0. The summed E-state index contributed by atoms with van der Waals surface area (Å²) in [6.45, 7) is 8.86. The third kappa shape index (κ3) is 6.22. The van der Waals surface area contributed by atoms with E-state index < -0.39 is 41.6 Å². The van der Waals surface area contributed by atoms with Crippen LogP contribution < -0.4 is 10.6 Å². The van der Waals surface area contributed by atoms with E-state index in [0.717, 1.165) is 22.3 Å². The van der Waals surface area contributed by atoms with Crippen molar-refractivity contribution in [2.75, 3.05) is 26.3 Å². The summed E-state index contributed by atoms with van der Waals surface area (Å²) in [4.78, 5) is 24.6. The van der Waals surface area contributed by atoms with Gasteiger partial charge in [0.15, 0.2) is 11.6 Å². The van der Waals surface area contributed by atoms with Crippen LogP contribution in [0.25, 0.3) is 11.1 Å². The van der Waals surface area contributed by atoms with Gasteiger partial charge in [0.1, 0.15) is 31.0 Å². The number of carbonyl (C=O) groups is 2. The maximum Gasteiger partial charge on any atom is 0.407 e. The van der Waals surface area contributed by atoms with Gasteiger partial charge in [-0.15, -0.1) is 0 Å². The summed E-state index contributed by atoms with van der Waals surface area (Å²) in [5.41, 5.74) is 4.45. The van der Waals surface area contributed by atoms with Gasteiger partial charge >= 0.3 is 12.1 Å². The molecule has 1 aliphatic carbocycles. The Balaban J connectivity index is 0.957. The van der Waals surface area contributed by atoms with Crippen LogP contribution >= 0.6 is 0 Å². The Hall–Kier alpha value is -3.06. The maximum atomic E-state index is 12.7. The molecule has 11 nitrogen and oxygen atoms in total. The van der Waals surface area contributed by atoms with Crippen LogP contribution in [0.1, 0.15) is 64.0 Å². The quantitative estimate of drug-likeness (QED) is 0.319. The van der Waals surface area contributed by atoms with Crippen molar-refractivity contribution in [2.45, 2.75) is 94.6 Å². The molecule has 11 heteroatoms. The van der Waals surface area contributed by atoms with Crippen molar-refractivity contribution in [3.63, 3.8) is 0 Å². The summed E-state index contributed by atoms with van der Waals surface area (Å²) in [6, 6.07) is 15.1. The van der Waals surface area contributed by atoms with E-state index in [0.29, 0.717) is 32.5 Å². The zero-order valence-electron chi connectivity index (χ0n) is 25.7. The normalized spacial score (nSPS) is 28.4. The number of nitrogens with one attached hydrogen (secondary N) is 2. The largest absolute Gasteiger partial charge is 0.480 e. The molecule has 2 aromatic rings. The van der Waals surface area contributed by atoms with E-state index in [1.54, 1.807) is 0 Å². The number of carbonyl (C=O) groups excluding carboxylic acids is 1. The Morgan fingerprint density at radius 3 is 2.32 bits per heavy atom. The van der Waals surface area contributed by atoms with E-state index in [9.17, 15) is 14.7 Å². The molecule has 0 saturated carbocycles. The van der Waals surface area contributed by atoms with Gasteiger partial charge in [0.05, 0.1) is 13.2 Å². The number of aliphatic carboxylic acids is 1. The summed E-state index contributed by atoms with van der Waals surface area (Å²) in [6.07, 6.45) is -0.243. The van der Waals surface area contributed by atoms with E-state index in [4.69, 9.17) is 28.4 Å². The summed E-state index contributed by atoms with van der Waals surface area (Å²) in [5, 5.41) is 15.7. The molecule has 4 aliphatic rings. The first kappa shape index (κ1) is 30.9. The maximum absolute atomic E-state index is 12.7. The van der Waals surface area contributed by atoms with Gasteiger partial charge in [-0.3, -0.25) is 0 Å². The molecule has 238 valence electrons. The van der Waals surface area contributed by atoms with E-state index >= 15 is 0 Å². The highest BCUT2D eigenvalue weighted by atomic mass is 16.9. The molecule has 3 N–H and O–H groups in total. The molecule has 0 radical (unpaired) electrons. The number of carboxylic acids is 1. The number of fused-ring (bicyclic) bond motifs is 6. The van der Waals surface area contributed by atoms with Crippen molar-refractivity contribution < 1.29 is 43.1 Å². The highest BCUT2D eigenvalue weighted by Gasteiger charge is 2.65. The van der Waals surface area contributed by atoms with Crippen LogP contribution in [0.3, 0.4) is 0 Å². The summed E-state index contributed by atoms with van der Waals surface area (Å²) in [5.74, 6) is -3.80. The fourth-order valence-electron chi connectivity index (χ4n) is 6.88. The van der Waals surface area contributed by atoms with Crippen molar-refractivity contribution in [3.8, 4) is 11.1 Å². The molecule has 5 atom stereocenters. The van der Waals surface area contributed by atoms with Gasteiger partial charge in [-0.1, -0.05) is 48.5 Å². The molecule has 3 saturated heterocycles. The summed E-state index contributed by atoms with van der Waals surface area (Å²) < 4.78 is 36.3. The lowest BCUT2D eigenvalue weighted by molar-refractivity contribution is -0.277. The van der Waals surface area contributed by atoms with Crippen molar-refractivity contribution in [1.82, 2.24) is 10.6 Å². The first-order chi connectivity index (χ1) is 21.0. The molecule has 1 amide bonds. The van der Waals surface area contributed by atoms with Crippen LogP contribution in [0.2, 0.25) is 0 Å². The topological polar surface area (TPSA) is 134 Å². The number of ether oxygens (including phenoxy) is 6. The minimum atomic E-state index is -1.10. The Kier molecular flexibility index (Phi) is 8.46. The number of amides is 1. The Morgan fingerprint density at radius 1 is 0.955 bits per heavy atom. The standard InChI is InChI=1S/C33H42N2O9/c1-31(2)41-26-18-40-33(28(27(26)42-31)43-32(3,4)44-33)19-34-16-10-9-15-25(29(36)37)35-30(38)39-17-24-22-13-7-5-11-20(22)21-12-6-8-14-23(21)24/h5-8,11-14,24-28,34H,9-10,15-19H2,1-4H3,(H,35,38)(H,36,37)/t25-,26+,27+,28-,33-/m0/s1. The molecular formula is C33H42N2O9. The van der Waals surface area contributed by atoms with Gasteiger partial charge in [-0.25, -0.2) is 9.59 Å². The number of rotatable bonds is 11. The molecule has 6 rings (SSSR count). The number of benzene rings is 2. The van der Waals surface area contributed by atoms with Gasteiger partial charge in [0.2, 0.25) is 5.79 Å². The molecule has 3 fully saturated rings. The number of alkyl carbamates (subject to hydrolysis) is 1. The molecule has 0 aromatic heterocycles. The minimum Gasteiger partial charge on any atom is -0.480 e. The Bertz CT molecular complexity index is 1340. The SMILES string of the molecule is CC1(C)O[C@@H]2[C@@H](CO[C@@]3(CNCCCC[C@H](NC(=O)OCC4c5ccccc5-c5ccccc54)C(=O)O)OC(C)(C)O[C@@H]23)O1. The van der Waals surface area contributed by atoms with Crippen molar-refractivity contribution in [3.05, 3.63) is 59.7 Å². The van der Waals surface area contributed by atoms with Gasteiger partial charge in [0.25, 0.3) is 0 Å². The predicted octanol–water partition coefficient (Wildman–Crippen LogP) is 4.14. The molecule has 3 aliphatic heterocycles. The molecule has 2 aromatic carbocycles. The first-order valence-electron chi connectivity index (χ1n) is 15.4. The molecule has 3 heterocycles. The number of hydrogen-bond acceptors (Lipinski definition) is 9. The summed E-state index contributed by atoms with van der Waals surface area (Å²) >= 11 is 0. The monoisotopic (exact) mass is 610 g/mol. The average molecular weight is 611 g/mol. The molecule has 0 unspecified atom stereocenters. The lowest BCUT2D eigenvalue weighted by Gasteiger charge is -2.40. The van der Waals surface area contributed by atoms with Gasteiger partial charge < -0.3 is 44.2 Å². The van der Waals surface area contributed by atoms with Crippen LogP contribution in [-0.4, -0.2) is 85.2 Å². The third-order valence-corrected chi connectivity index (χ3v) is 8.68. The zero-order valence-corrected chi connectivity index (χ0v) is 25.7. The van der Waals surface area contributed by atoms with Crippen LogP contribution in [-0.2, 0) is 33.2 Å². The van der Waals surface area contributed by atoms with Gasteiger partial charge in [0, 0.05) is 5.92 Å². The van der Waals surface area contributed by atoms with Crippen LogP contribution in [0.5, 0.6) is 0 Å². The van der Waals surface area contributed by atoms with E-state index in [-0.39, 0.29) is 31.2 Å². The van der Waals surface area contributed by atoms with Gasteiger partial charge in [-0.2, -0.15) is 0 Å². The number of unbranched alkanes of at least 4 members (excludes halogenated alkanes) is 1. The van der Waals surface area contributed by atoms with E-state index in [1.807, 2.05) is 64.1 Å². The zero-order chi connectivity index (χ0) is 31.1. The van der Waals surface area contributed by atoms with E-state index in [1.165, 1.54) is 0 Å². The lowest BCUT2D eigenvalue weighted by Crippen LogP contribution is -2.62. The van der Waals surface area contributed by atoms with Crippen LogP contribution in [0.15, 0.2) is 48.5 Å². The van der Waals surface area contributed by atoms with Crippen LogP contribution in [0, 0.1) is 0 Å². The second kappa shape index (κ2) is 12.0. The molecule has 44 heavy (non-hydrogen) atoms.